The number of carbonyl (C=O) groups is 2. The first-order valence-corrected chi connectivity index (χ1v) is 8.63. The average molecular weight is 370 g/mol. The number of nitrogens with one attached hydrogen (secondary N) is 1. The summed E-state index contributed by atoms with van der Waals surface area (Å²) in [6.45, 7) is -0.352. The van der Waals surface area contributed by atoms with Gasteiger partial charge in [0.1, 0.15) is 12.4 Å². The van der Waals surface area contributed by atoms with Crippen molar-refractivity contribution in [3.63, 3.8) is 0 Å². The van der Waals surface area contributed by atoms with E-state index in [1.165, 1.54) is 23.2 Å². The number of urea groups is 1. The molecule has 1 aromatic heterocycles. The van der Waals surface area contributed by atoms with Crippen LogP contribution in [-0.4, -0.2) is 54.2 Å². The number of piperidine rings is 2. The lowest BCUT2D eigenvalue weighted by atomic mass is 9.73. The largest absolute Gasteiger partial charge is 0.406 e. The SMILES string of the molecule is O=C(N1CCCC2(CCCNC2=O)C1)N(CC(F)(F)F)c1ccccn1. The molecule has 0 radical (unpaired) electrons. The molecule has 2 fully saturated rings. The number of halogens is 3. The number of rotatable bonds is 2. The number of hydrogen-bond donors (Lipinski definition) is 1. The third-order valence-electron chi connectivity index (χ3n) is 4.94. The van der Waals surface area contributed by atoms with Crippen LogP contribution in [0.5, 0.6) is 0 Å². The van der Waals surface area contributed by atoms with Crippen LogP contribution < -0.4 is 10.2 Å². The van der Waals surface area contributed by atoms with Crippen LogP contribution in [-0.2, 0) is 4.79 Å². The predicted octanol–water partition coefficient (Wildman–Crippen LogP) is 2.56. The van der Waals surface area contributed by atoms with Crippen LogP contribution in [0.1, 0.15) is 25.7 Å². The number of pyridine rings is 1. The lowest BCUT2D eigenvalue weighted by Gasteiger charge is -2.44. The quantitative estimate of drug-likeness (QED) is 0.870. The van der Waals surface area contributed by atoms with Gasteiger partial charge in [0.15, 0.2) is 0 Å². The van der Waals surface area contributed by atoms with Crippen molar-refractivity contribution in [3.05, 3.63) is 24.4 Å². The van der Waals surface area contributed by atoms with Crippen LogP contribution in [0.4, 0.5) is 23.8 Å². The van der Waals surface area contributed by atoms with Crippen molar-refractivity contribution in [1.29, 1.82) is 0 Å². The Morgan fingerprint density at radius 3 is 2.73 bits per heavy atom. The summed E-state index contributed by atoms with van der Waals surface area (Å²) < 4.78 is 39.1. The average Bonchev–Trinajstić information content (AvgIpc) is 2.62. The van der Waals surface area contributed by atoms with Gasteiger partial charge in [0.05, 0.1) is 5.41 Å². The van der Waals surface area contributed by atoms with Gasteiger partial charge in [0.2, 0.25) is 5.91 Å². The fourth-order valence-electron chi connectivity index (χ4n) is 3.72. The third-order valence-corrected chi connectivity index (χ3v) is 4.94. The van der Waals surface area contributed by atoms with E-state index in [2.05, 4.69) is 10.3 Å². The molecule has 3 rings (SSSR count). The zero-order chi connectivity index (χ0) is 18.8. The van der Waals surface area contributed by atoms with Crippen LogP contribution in [0.15, 0.2) is 24.4 Å². The summed E-state index contributed by atoms with van der Waals surface area (Å²) in [6, 6.07) is 3.71. The molecule has 6 nitrogen and oxygen atoms in total. The van der Waals surface area contributed by atoms with Gasteiger partial charge in [-0.2, -0.15) is 13.2 Å². The fraction of sp³-hybridized carbons (Fsp3) is 0.588. The molecular formula is C17H21F3N4O2. The molecule has 1 atom stereocenters. The maximum absolute atomic E-state index is 13.0. The molecular weight excluding hydrogens is 349 g/mol. The van der Waals surface area contributed by atoms with E-state index in [1.54, 1.807) is 6.07 Å². The second-order valence-electron chi connectivity index (χ2n) is 6.84. The van der Waals surface area contributed by atoms with E-state index in [4.69, 9.17) is 0 Å². The van der Waals surface area contributed by atoms with Gasteiger partial charge in [-0.25, -0.2) is 9.78 Å². The van der Waals surface area contributed by atoms with Crippen molar-refractivity contribution < 1.29 is 22.8 Å². The minimum Gasteiger partial charge on any atom is -0.356 e. The molecule has 142 valence electrons. The first-order valence-electron chi connectivity index (χ1n) is 8.63. The molecule has 2 aliphatic heterocycles. The van der Waals surface area contributed by atoms with E-state index < -0.39 is 24.2 Å². The fourth-order valence-corrected chi connectivity index (χ4v) is 3.72. The molecule has 2 aliphatic rings. The Bertz CT molecular complexity index is 664. The van der Waals surface area contributed by atoms with Gasteiger partial charge in [0.25, 0.3) is 0 Å². The van der Waals surface area contributed by atoms with Gasteiger partial charge in [-0.3, -0.25) is 9.69 Å². The zero-order valence-electron chi connectivity index (χ0n) is 14.3. The zero-order valence-corrected chi connectivity index (χ0v) is 14.3. The van der Waals surface area contributed by atoms with Gasteiger partial charge in [-0.15, -0.1) is 0 Å². The number of nitrogens with zero attached hydrogens (tertiary/aromatic N) is 3. The van der Waals surface area contributed by atoms with Gasteiger partial charge in [0, 0.05) is 25.8 Å². The van der Waals surface area contributed by atoms with E-state index in [1.807, 2.05) is 0 Å². The Morgan fingerprint density at radius 1 is 1.31 bits per heavy atom. The second-order valence-corrected chi connectivity index (χ2v) is 6.84. The van der Waals surface area contributed by atoms with Crippen LogP contribution in [0.2, 0.25) is 0 Å². The van der Waals surface area contributed by atoms with E-state index in [0.717, 1.165) is 6.42 Å². The molecule has 1 N–H and O–H groups in total. The molecule has 1 unspecified atom stereocenters. The summed E-state index contributed by atoms with van der Waals surface area (Å²) in [5.74, 6) is -0.163. The van der Waals surface area contributed by atoms with Crippen molar-refractivity contribution in [1.82, 2.24) is 15.2 Å². The maximum atomic E-state index is 13.0. The molecule has 2 saturated heterocycles. The van der Waals surface area contributed by atoms with Crippen LogP contribution in [0.3, 0.4) is 0 Å². The second kappa shape index (κ2) is 7.13. The Morgan fingerprint density at radius 2 is 2.08 bits per heavy atom. The number of likely N-dealkylation sites (tertiary alicyclic amines) is 1. The highest BCUT2D eigenvalue weighted by Gasteiger charge is 2.46. The molecule has 3 heterocycles. The molecule has 0 aliphatic carbocycles. The number of aromatic nitrogens is 1. The first-order chi connectivity index (χ1) is 12.3. The molecule has 1 spiro atoms. The van der Waals surface area contributed by atoms with E-state index in [9.17, 15) is 22.8 Å². The number of alkyl halides is 3. The highest BCUT2D eigenvalue weighted by molar-refractivity contribution is 5.92. The minimum absolute atomic E-state index is 0.0532. The Hall–Kier alpha value is -2.32. The highest BCUT2D eigenvalue weighted by Crippen LogP contribution is 2.37. The summed E-state index contributed by atoms with van der Waals surface area (Å²) >= 11 is 0. The molecule has 9 heteroatoms. The molecule has 26 heavy (non-hydrogen) atoms. The van der Waals surface area contributed by atoms with E-state index in [-0.39, 0.29) is 18.3 Å². The molecule has 0 saturated carbocycles. The standard InChI is InChI=1S/C17H21F3N4O2/c18-17(19,20)12-24(13-5-1-2-8-21-13)15(26)23-10-4-7-16(11-23)6-3-9-22-14(16)25/h1-2,5,8H,3-4,6-7,9-12H2,(H,22,25). The number of anilines is 1. The maximum Gasteiger partial charge on any atom is 0.406 e. The highest BCUT2D eigenvalue weighted by atomic mass is 19.4. The van der Waals surface area contributed by atoms with E-state index in [0.29, 0.717) is 37.3 Å². The van der Waals surface area contributed by atoms with Crippen LogP contribution >= 0.6 is 0 Å². The summed E-state index contributed by atoms with van der Waals surface area (Å²) in [4.78, 5) is 31.1. The smallest absolute Gasteiger partial charge is 0.356 e. The monoisotopic (exact) mass is 370 g/mol. The Kier molecular flexibility index (Phi) is 5.06. The van der Waals surface area contributed by atoms with E-state index >= 15 is 0 Å². The lowest BCUT2D eigenvalue weighted by molar-refractivity contribution is -0.136. The molecule has 0 aromatic carbocycles. The summed E-state index contributed by atoms with van der Waals surface area (Å²) in [5, 5.41) is 2.82. The van der Waals surface area contributed by atoms with Crippen molar-refractivity contribution in [3.8, 4) is 0 Å². The Balaban J connectivity index is 1.83. The van der Waals surface area contributed by atoms with Crippen molar-refractivity contribution >= 4 is 17.8 Å². The number of hydrogen-bond acceptors (Lipinski definition) is 3. The topological polar surface area (TPSA) is 65.5 Å². The Labute approximate surface area is 149 Å². The van der Waals surface area contributed by atoms with Gasteiger partial charge in [-0.1, -0.05) is 6.07 Å². The van der Waals surface area contributed by atoms with Gasteiger partial charge >= 0.3 is 12.2 Å². The number of carbonyl (C=O) groups excluding carboxylic acids is 2. The minimum atomic E-state index is -4.55. The van der Waals surface area contributed by atoms with Crippen molar-refractivity contribution in [2.75, 3.05) is 31.1 Å². The molecule has 1 aromatic rings. The van der Waals surface area contributed by atoms with Crippen LogP contribution in [0, 0.1) is 5.41 Å². The van der Waals surface area contributed by atoms with Gasteiger partial charge < -0.3 is 10.2 Å². The van der Waals surface area contributed by atoms with Crippen molar-refractivity contribution in [2.24, 2.45) is 5.41 Å². The summed E-state index contributed by atoms with van der Waals surface area (Å²) in [5.41, 5.74) is -0.694. The van der Waals surface area contributed by atoms with Crippen molar-refractivity contribution in [2.45, 2.75) is 31.9 Å². The number of amides is 3. The summed E-state index contributed by atoms with van der Waals surface area (Å²) in [6.07, 6.45) is -0.528. The summed E-state index contributed by atoms with van der Waals surface area (Å²) in [7, 11) is 0. The molecule has 3 amide bonds. The predicted molar refractivity (Wildman–Crippen MR) is 88.5 cm³/mol. The normalized spacial score (nSPS) is 23.7. The van der Waals surface area contributed by atoms with Gasteiger partial charge in [-0.05, 0) is 37.8 Å². The first kappa shape index (κ1) is 18.5. The molecule has 0 bridgehead atoms. The third kappa shape index (κ3) is 3.91. The lowest BCUT2D eigenvalue weighted by Crippen LogP contribution is -2.58. The van der Waals surface area contributed by atoms with Crippen LogP contribution in [0.25, 0.3) is 0 Å².